The number of nitrogens with one attached hydrogen (secondary N) is 2. The Bertz CT molecular complexity index is 510. The van der Waals surface area contributed by atoms with Crippen molar-refractivity contribution < 1.29 is 9.59 Å². The largest absolute Gasteiger partial charge is 0.348 e. The highest BCUT2D eigenvalue weighted by molar-refractivity contribution is 5.99. The van der Waals surface area contributed by atoms with Gasteiger partial charge in [0.15, 0.2) is 0 Å². The van der Waals surface area contributed by atoms with Crippen molar-refractivity contribution in [3.05, 3.63) is 35.4 Å². The quantitative estimate of drug-likeness (QED) is 0.877. The normalized spacial score (nSPS) is 18.1. The van der Waals surface area contributed by atoms with Gasteiger partial charge < -0.3 is 15.5 Å². The Hall–Kier alpha value is -1.88. The molecule has 1 aliphatic rings. The molecule has 1 saturated heterocycles. The minimum atomic E-state index is -0.113. The van der Waals surface area contributed by atoms with Gasteiger partial charge in [0.05, 0.1) is 0 Å². The summed E-state index contributed by atoms with van der Waals surface area (Å²) < 4.78 is 0. The zero-order valence-corrected chi connectivity index (χ0v) is 12.7. The lowest BCUT2D eigenvalue weighted by molar-refractivity contribution is 0.0802. The maximum Gasteiger partial charge on any atom is 0.253 e. The summed E-state index contributed by atoms with van der Waals surface area (Å²) in [5.74, 6) is -0.177. The molecule has 5 nitrogen and oxygen atoms in total. The fourth-order valence-electron chi connectivity index (χ4n) is 2.40. The van der Waals surface area contributed by atoms with Crippen molar-refractivity contribution in [1.82, 2.24) is 15.5 Å². The van der Waals surface area contributed by atoms with Crippen LogP contribution in [0.4, 0.5) is 0 Å². The van der Waals surface area contributed by atoms with Crippen LogP contribution in [0, 0.1) is 0 Å². The molecule has 0 unspecified atom stereocenters. The lowest BCUT2D eigenvalue weighted by Crippen LogP contribution is -2.45. The summed E-state index contributed by atoms with van der Waals surface area (Å²) >= 11 is 0. The molecule has 1 aromatic carbocycles. The number of carbonyl (C=O) groups excluding carboxylic acids is 2. The van der Waals surface area contributed by atoms with Crippen LogP contribution in [0.15, 0.2) is 24.3 Å². The standard InChI is InChI=1S/C16H23N3O2/c1-3-19(2)16(21)13-7-4-6-12(10-13)15(20)18-14-8-5-9-17-11-14/h4,6-7,10,14,17H,3,5,8-9,11H2,1-2H3,(H,18,20)/t14-/m0/s1. The van der Waals surface area contributed by atoms with E-state index in [1.54, 1.807) is 36.2 Å². The van der Waals surface area contributed by atoms with Crippen LogP contribution < -0.4 is 10.6 Å². The third-order valence-electron chi connectivity index (χ3n) is 3.82. The molecule has 0 saturated carbocycles. The molecule has 5 heteroatoms. The molecule has 114 valence electrons. The Balaban J connectivity index is 2.05. The van der Waals surface area contributed by atoms with Gasteiger partial charge in [-0.3, -0.25) is 9.59 Å². The Morgan fingerprint density at radius 2 is 2.14 bits per heavy atom. The zero-order valence-electron chi connectivity index (χ0n) is 12.7. The molecule has 0 spiro atoms. The maximum atomic E-state index is 12.3. The molecule has 2 N–H and O–H groups in total. The van der Waals surface area contributed by atoms with E-state index in [9.17, 15) is 9.59 Å². The van der Waals surface area contributed by atoms with Gasteiger partial charge in [-0.25, -0.2) is 0 Å². The lowest BCUT2D eigenvalue weighted by Gasteiger charge is -2.24. The van der Waals surface area contributed by atoms with Crippen LogP contribution in [-0.4, -0.2) is 49.4 Å². The van der Waals surface area contributed by atoms with E-state index in [2.05, 4.69) is 10.6 Å². The predicted molar refractivity (Wildman–Crippen MR) is 82.4 cm³/mol. The molecule has 1 fully saturated rings. The van der Waals surface area contributed by atoms with Crippen LogP contribution in [0.1, 0.15) is 40.5 Å². The number of benzene rings is 1. The smallest absolute Gasteiger partial charge is 0.253 e. The first-order chi connectivity index (χ1) is 10.1. The molecule has 1 heterocycles. The van der Waals surface area contributed by atoms with E-state index < -0.39 is 0 Å². The molecule has 0 radical (unpaired) electrons. The van der Waals surface area contributed by atoms with Crippen LogP contribution >= 0.6 is 0 Å². The summed E-state index contributed by atoms with van der Waals surface area (Å²) in [6.45, 7) is 4.39. The van der Waals surface area contributed by atoms with E-state index in [1.165, 1.54) is 0 Å². The number of hydrogen-bond donors (Lipinski definition) is 2. The molecule has 2 rings (SSSR count). The highest BCUT2D eigenvalue weighted by Crippen LogP contribution is 2.09. The third-order valence-corrected chi connectivity index (χ3v) is 3.82. The third kappa shape index (κ3) is 4.04. The van der Waals surface area contributed by atoms with E-state index >= 15 is 0 Å². The molecule has 0 bridgehead atoms. The second kappa shape index (κ2) is 7.22. The minimum absolute atomic E-state index is 0.0634. The molecule has 0 aliphatic carbocycles. The van der Waals surface area contributed by atoms with Gasteiger partial charge >= 0.3 is 0 Å². The molecule has 2 amide bonds. The van der Waals surface area contributed by atoms with Crippen LogP contribution in [0.5, 0.6) is 0 Å². The van der Waals surface area contributed by atoms with Crippen molar-refractivity contribution in [2.45, 2.75) is 25.8 Å². The Labute approximate surface area is 125 Å². The summed E-state index contributed by atoms with van der Waals surface area (Å²) in [5.41, 5.74) is 1.09. The van der Waals surface area contributed by atoms with Gasteiger partial charge in [-0.1, -0.05) is 6.07 Å². The van der Waals surface area contributed by atoms with E-state index in [4.69, 9.17) is 0 Å². The topological polar surface area (TPSA) is 61.4 Å². The van der Waals surface area contributed by atoms with E-state index in [-0.39, 0.29) is 17.9 Å². The van der Waals surface area contributed by atoms with Gasteiger partial charge in [-0.05, 0) is 44.5 Å². The Morgan fingerprint density at radius 3 is 2.81 bits per heavy atom. The van der Waals surface area contributed by atoms with Crippen molar-refractivity contribution >= 4 is 11.8 Å². The van der Waals surface area contributed by atoms with Crippen molar-refractivity contribution in [1.29, 1.82) is 0 Å². The van der Waals surface area contributed by atoms with E-state index in [0.717, 1.165) is 25.9 Å². The average Bonchev–Trinajstić information content (AvgIpc) is 2.54. The second-order valence-corrected chi connectivity index (χ2v) is 5.42. The first-order valence-electron chi connectivity index (χ1n) is 7.49. The Kier molecular flexibility index (Phi) is 5.33. The van der Waals surface area contributed by atoms with Gasteiger partial charge in [0.2, 0.25) is 0 Å². The number of nitrogens with zero attached hydrogens (tertiary/aromatic N) is 1. The summed E-state index contributed by atoms with van der Waals surface area (Å²) in [5, 5.41) is 6.29. The molecule has 1 aromatic rings. The second-order valence-electron chi connectivity index (χ2n) is 5.42. The number of piperidine rings is 1. The minimum Gasteiger partial charge on any atom is -0.348 e. The van der Waals surface area contributed by atoms with Crippen molar-refractivity contribution in [3.8, 4) is 0 Å². The van der Waals surface area contributed by atoms with Crippen molar-refractivity contribution in [2.75, 3.05) is 26.7 Å². The highest BCUT2D eigenvalue weighted by atomic mass is 16.2. The van der Waals surface area contributed by atoms with Crippen LogP contribution in [0.2, 0.25) is 0 Å². The van der Waals surface area contributed by atoms with Crippen LogP contribution in [-0.2, 0) is 0 Å². The van der Waals surface area contributed by atoms with Gasteiger partial charge in [-0.15, -0.1) is 0 Å². The van der Waals surface area contributed by atoms with Crippen molar-refractivity contribution in [2.24, 2.45) is 0 Å². The predicted octanol–water partition coefficient (Wildman–Crippen LogP) is 1.26. The van der Waals surface area contributed by atoms with Crippen LogP contribution in [0.3, 0.4) is 0 Å². The van der Waals surface area contributed by atoms with Gasteiger partial charge in [0.25, 0.3) is 11.8 Å². The average molecular weight is 289 g/mol. The first-order valence-corrected chi connectivity index (χ1v) is 7.49. The Morgan fingerprint density at radius 1 is 1.38 bits per heavy atom. The molecule has 0 aromatic heterocycles. The molecule has 1 atom stereocenters. The highest BCUT2D eigenvalue weighted by Gasteiger charge is 2.17. The monoisotopic (exact) mass is 289 g/mol. The number of rotatable bonds is 4. The summed E-state index contributed by atoms with van der Waals surface area (Å²) in [7, 11) is 1.75. The zero-order chi connectivity index (χ0) is 15.2. The summed E-state index contributed by atoms with van der Waals surface area (Å²) in [4.78, 5) is 26.0. The summed E-state index contributed by atoms with van der Waals surface area (Å²) in [6, 6.07) is 7.08. The van der Waals surface area contributed by atoms with Gasteiger partial charge in [0, 0.05) is 37.3 Å². The van der Waals surface area contributed by atoms with Gasteiger partial charge in [-0.2, -0.15) is 0 Å². The fourth-order valence-corrected chi connectivity index (χ4v) is 2.40. The first kappa shape index (κ1) is 15.5. The number of carbonyl (C=O) groups is 2. The molecule has 21 heavy (non-hydrogen) atoms. The molecular weight excluding hydrogens is 266 g/mol. The van der Waals surface area contributed by atoms with Crippen LogP contribution in [0.25, 0.3) is 0 Å². The van der Waals surface area contributed by atoms with Crippen molar-refractivity contribution in [3.63, 3.8) is 0 Å². The fraction of sp³-hybridized carbons (Fsp3) is 0.500. The number of hydrogen-bond acceptors (Lipinski definition) is 3. The summed E-state index contributed by atoms with van der Waals surface area (Å²) in [6.07, 6.45) is 2.07. The SMILES string of the molecule is CCN(C)C(=O)c1cccc(C(=O)N[C@H]2CCCNC2)c1. The lowest BCUT2D eigenvalue weighted by atomic mass is 10.1. The van der Waals surface area contributed by atoms with Gasteiger partial charge in [0.1, 0.15) is 0 Å². The molecular formula is C16H23N3O2. The maximum absolute atomic E-state index is 12.3. The number of amides is 2. The molecule has 1 aliphatic heterocycles. The van der Waals surface area contributed by atoms with E-state index in [0.29, 0.717) is 17.7 Å². The van der Waals surface area contributed by atoms with E-state index in [1.807, 2.05) is 6.92 Å².